The monoisotopic (exact) mass is 389 g/mol. The summed E-state index contributed by atoms with van der Waals surface area (Å²) in [5.74, 6) is 0.281. The van der Waals surface area contributed by atoms with Gasteiger partial charge in [0.1, 0.15) is 6.54 Å². The molecule has 27 heavy (non-hydrogen) atoms. The second kappa shape index (κ2) is 8.54. The highest BCUT2D eigenvalue weighted by molar-refractivity contribution is 7.09. The number of benzene rings is 1. The van der Waals surface area contributed by atoms with E-state index >= 15 is 0 Å². The first-order valence-corrected chi connectivity index (χ1v) is 9.08. The van der Waals surface area contributed by atoms with Crippen LogP contribution in [0.25, 0.3) is 11.4 Å². The molecule has 0 atom stereocenters. The maximum absolute atomic E-state index is 12.2. The summed E-state index contributed by atoms with van der Waals surface area (Å²) in [7, 11) is 3.04. The molecule has 3 aromatic rings. The largest absolute Gasteiger partial charge is 0.493 e. The zero-order chi connectivity index (χ0) is 19.2. The molecule has 0 unspecified atom stereocenters. The van der Waals surface area contributed by atoms with E-state index in [-0.39, 0.29) is 18.3 Å². The van der Waals surface area contributed by atoms with Crippen molar-refractivity contribution in [3.05, 3.63) is 51.1 Å². The second-order valence-electron chi connectivity index (χ2n) is 5.61. The molecule has 0 spiro atoms. The Morgan fingerprint density at radius 1 is 1.26 bits per heavy atom. The van der Waals surface area contributed by atoms with Crippen LogP contribution in [0.4, 0.5) is 0 Å². The smallest absolute Gasteiger partial charge is 0.442 e. The van der Waals surface area contributed by atoms with E-state index in [1.54, 1.807) is 29.5 Å². The fourth-order valence-electron chi connectivity index (χ4n) is 2.57. The van der Waals surface area contributed by atoms with Gasteiger partial charge in [-0.2, -0.15) is 0 Å². The van der Waals surface area contributed by atoms with Crippen molar-refractivity contribution in [1.82, 2.24) is 15.0 Å². The van der Waals surface area contributed by atoms with Crippen molar-refractivity contribution in [2.24, 2.45) is 0 Å². The first kappa shape index (κ1) is 18.7. The van der Waals surface area contributed by atoms with Crippen LogP contribution in [-0.4, -0.2) is 36.4 Å². The van der Waals surface area contributed by atoms with Crippen LogP contribution < -0.4 is 20.5 Å². The number of carbonyl (C=O) groups is 1. The summed E-state index contributed by atoms with van der Waals surface area (Å²) < 4.78 is 16.4. The van der Waals surface area contributed by atoms with Gasteiger partial charge >= 0.3 is 5.76 Å². The van der Waals surface area contributed by atoms with E-state index in [2.05, 4.69) is 10.5 Å². The molecule has 8 nitrogen and oxygen atoms in total. The molecule has 1 aromatic carbocycles. The number of rotatable bonds is 8. The molecule has 0 saturated carbocycles. The summed E-state index contributed by atoms with van der Waals surface area (Å²) in [4.78, 5) is 25.4. The van der Waals surface area contributed by atoms with Gasteiger partial charge in [-0.1, -0.05) is 11.2 Å². The molecule has 0 aliphatic heterocycles. The number of hydrogen-bond acceptors (Lipinski definition) is 7. The molecule has 0 aliphatic carbocycles. The van der Waals surface area contributed by atoms with Gasteiger partial charge in [0.2, 0.25) is 5.91 Å². The molecule has 142 valence electrons. The van der Waals surface area contributed by atoms with Crippen LogP contribution in [0, 0.1) is 0 Å². The Morgan fingerprint density at radius 2 is 2.07 bits per heavy atom. The minimum Gasteiger partial charge on any atom is -0.493 e. The van der Waals surface area contributed by atoms with Gasteiger partial charge in [0.15, 0.2) is 17.3 Å². The third-order valence-electron chi connectivity index (χ3n) is 3.90. The summed E-state index contributed by atoms with van der Waals surface area (Å²) in [5.41, 5.74) is 0.574. The van der Waals surface area contributed by atoms with Gasteiger partial charge in [0.05, 0.1) is 14.2 Å². The van der Waals surface area contributed by atoms with E-state index in [1.165, 1.54) is 23.7 Å². The molecule has 9 heteroatoms. The highest BCUT2D eigenvalue weighted by atomic mass is 32.1. The van der Waals surface area contributed by atoms with Gasteiger partial charge in [-0.15, -0.1) is 11.3 Å². The van der Waals surface area contributed by atoms with Gasteiger partial charge < -0.3 is 14.8 Å². The summed E-state index contributed by atoms with van der Waals surface area (Å²) in [6, 6.07) is 9.05. The minimum atomic E-state index is -0.701. The Bertz CT molecular complexity index is 962. The zero-order valence-corrected chi connectivity index (χ0v) is 15.7. The predicted molar refractivity (Wildman–Crippen MR) is 100 cm³/mol. The van der Waals surface area contributed by atoms with E-state index in [4.69, 9.17) is 14.0 Å². The van der Waals surface area contributed by atoms with Gasteiger partial charge in [0.25, 0.3) is 0 Å². The lowest BCUT2D eigenvalue weighted by atomic mass is 10.2. The molecule has 0 bridgehead atoms. The number of amides is 1. The Balaban J connectivity index is 1.72. The van der Waals surface area contributed by atoms with Crippen molar-refractivity contribution in [3.63, 3.8) is 0 Å². The fraction of sp³-hybridized carbons (Fsp3) is 0.278. The van der Waals surface area contributed by atoms with Crippen LogP contribution in [0.1, 0.15) is 4.88 Å². The molecule has 2 aromatic heterocycles. The Kier molecular flexibility index (Phi) is 5.92. The Hall–Kier alpha value is -3.07. The lowest BCUT2D eigenvalue weighted by Gasteiger charge is -2.10. The van der Waals surface area contributed by atoms with Crippen LogP contribution in [0.3, 0.4) is 0 Å². The maximum Gasteiger partial charge on any atom is 0.442 e. The van der Waals surface area contributed by atoms with Crippen molar-refractivity contribution < 1.29 is 18.8 Å². The number of aromatic nitrogens is 2. The van der Waals surface area contributed by atoms with Crippen LogP contribution in [0.5, 0.6) is 11.5 Å². The van der Waals surface area contributed by atoms with E-state index in [9.17, 15) is 9.59 Å². The van der Waals surface area contributed by atoms with Crippen molar-refractivity contribution in [1.29, 1.82) is 0 Å². The SMILES string of the molecule is COc1ccc(-c2noc(=O)n2CC(=O)NCCc2cccs2)cc1OC. The molecule has 1 N–H and O–H groups in total. The molecular weight excluding hydrogens is 370 g/mol. The lowest BCUT2D eigenvalue weighted by Crippen LogP contribution is -2.32. The van der Waals surface area contributed by atoms with Crippen molar-refractivity contribution >= 4 is 17.2 Å². The third kappa shape index (κ3) is 4.37. The number of hydrogen-bond donors (Lipinski definition) is 1. The van der Waals surface area contributed by atoms with Crippen molar-refractivity contribution in [3.8, 4) is 22.9 Å². The molecule has 0 saturated heterocycles. The molecule has 2 heterocycles. The van der Waals surface area contributed by atoms with Crippen LogP contribution >= 0.6 is 11.3 Å². The van der Waals surface area contributed by atoms with Gasteiger partial charge in [-0.05, 0) is 36.1 Å². The fourth-order valence-corrected chi connectivity index (χ4v) is 3.28. The lowest BCUT2D eigenvalue weighted by molar-refractivity contribution is -0.121. The number of carbonyl (C=O) groups excluding carboxylic acids is 1. The summed E-state index contributed by atoms with van der Waals surface area (Å²) in [6.45, 7) is 0.307. The predicted octanol–water partition coefficient (Wildman–Crippen LogP) is 1.94. The zero-order valence-electron chi connectivity index (χ0n) is 14.9. The van der Waals surface area contributed by atoms with Crippen LogP contribution in [0.2, 0.25) is 0 Å². The summed E-state index contributed by atoms with van der Waals surface area (Å²) in [6.07, 6.45) is 0.741. The standard InChI is InChI=1S/C18H19N3O5S/c1-24-14-6-5-12(10-15(14)25-2)17-20-26-18(23)21(17)11-16(22)19-8-7-13-4-3-9-27-13/h3-6,9-10H,7-8,11H2,1-2H3,(H,19,22). The van der Waals surface area contributed by atoms with Crippen molar-refractivity contribution in [2.45, 2.75) is 13.0 Å². The maximum atomic E-state index is 12.2. The highest BCUT2D eigenvalue weighted by Crippen LogP contribution is 2.31. The van der Waals surface area contributed by atoms with Crippen molar-refractivity contribution in [2.75, 3.05) is 20.8 Å². The van der Waals surface area contributed by atoms with E-state index in [1.807, 2.05) is 17.5 Å². The van der Waals surface area contributed by atoms with Gasteiger partial charge in [-0.3, -0.25) is 9.32 Å². The third-order valence-corrected chi connectivity index (χ3v) is 4.84. The Labute approximate surface area is 159 Å². The molecule has 0 radical (unpaired) electrons. The first-order valence-electron chi connectivity index (χ1n) is 8.20. The summed E-state index contributed by atoms with van der Waals surface area (Å²) in [5, 5.41) is 8.58. The van der Waals surface area contributed by atoms with Gasteiger partial charge in [-0.25, -0.2) is 9.36 Å². The molecular formula is C18H19N3O5S. The first-order chi connectivity index (χ1) is 13.1. The second-order valence-corrected chi connectivity index (χ2v) is 6.64. The molecule has 1 amide bonds. The summed E-state index contributed by atoms with van der Waals surface area (Å²) >= 11 is 1.63. The van der Waals surface area contributed by atoms with E-state index < -0.39 is 5.76 Å². The molecule has 0 aliphatic rings. The topological polar surface area (TPSA) is 95.6 Å². The number of thiophene rings is 1. The normalized spacial score (nSPS) is 10.6. The van der Waals surface area contributed by atoms with Gasteiger partial charge in [0, 0.05) is 17.0 Å². The minimum absolute atomic E-state index is 0.184. The van der Waals surface area contributed by atoms with E-state index in [0.29, 0.717) is 23.6 Å². The van der Waals surface area contributed by atoms with E-state index in [0.717, 1.165) is 6.42 Å². The average molecular weight is 389 g/mol. The van der Waals surface area contributed by atoms with Crippen LogP contribution in [0.15, 0.2) is 45.0 Å². The average Bonchev–Trinajstić information content (AvgIpc) is 3.32. The number of nitrogens with one attached hydrogen (secondary N) is 1. The molecule has 0 fully saturated rings. The highest BCUT2D eigenvalue weighted by Gasteiger charge is 2.17. The number of methoxy groups -OCH3 is 2. The molecule has 3 rings (SSSR count). The quantitative estimate of drug-likeness (QED) is 0.633. The number of nitrogens with zero attached hydrogens (tertiary/aromatic N) is 2. The van der Waals surface area contributed by atoms with Crippen LogP contribution in [-0.2, 0) is 17.8 Å². The Morgan fingerprint density at radius 3 is 2.78 bits per heavy atom. The number of ether oxygens (including phenoxy) is 2.